The molecule has 1 aromatic rings. The van der Waals surface area contributed by atoms with Gasteiger partial charge in [-0.25, -0.2) is 4.98 Å². The number of nitrogens with one attached hydrogen (secondary N) is 1. The van der Waals surface area contributed by atoms with Gasteiger partial charge in [-0.15, -0.1) is 0 Å². The van der Waals surface area contributed by atoms with Gasteiger partial charge in [0.15, 0.2) is 11.1 Å². The van der Waals surface area contributed by atoms with Crippen LogP contribution in [0.4, 0.5) is 0 Å². The summed E-state index contributed by atoms with van der Waals surface area (Å²) in [6.45, 7) is -0.580. The highest BCUT2D eigenvalue weighted by atomic mass is 31.2. The van der Waals surface area contributed by atoms with Gasteiger partial charge in [0.1, 0.15) is 30.2 Å². The van der Waals surface area contributed by atoms with E-state index in [0.29, 0.717) is 0 Å². The lowest BCUT2D eigenvalue weighted by Gasteiger charge is -2.11. The fourth-order valence-electron chi connectivity index (χ4n) is 2.02. The second-order valence-corrected chi connectivity index (χ2v) is 6.02. The molecule has 21 heavy (non-hydrogen) atoms. The Morgan fingerprint density at radius 1 is 1.38 bits per heavy atom. The Morgan fingerprint density at radius 2 is 2.00 bits per heavy atom. The number of carbonyl (C=O) groups is 1. The molecular weight excluding hydrogens is 309 g/mol. The van der Waals surface area contributed by atoms with Crippen LogP contribution in [0.15, 0.2) is 0 Å². The highest BCUT2D eigenvalue weighted by molar-refractivity contribution is 7.60. The number of imidazole rings is 1. The van der Waals surface area contributed by atoms with E-state index in [-0.39, 0.29) is 5.82 Å². The van der Waals surface area contributed by atoms with Crippen LogP contribution in [-0.4, -0.2) is 65.9 Å². The predicted molar refractivity (Wildman–Crippen MR) is 65.5 cm³/mol. The minimum atomic E-state index is -4.85. The fraction of sp³-hybridized carbons (Fsp3) is 0.556. The van der Waals surface area contributed by atoms with Crippen molar-refractivity contribution in [3.05, 3.63) is 11.5 Å². The molecule has 0 saturated carbocycles. The molecule has 2 heterocycles. The first-order chi connectivity index (χ1) is 9.66. The number of aliphatic hydroxyl groups excluding tert-OH is 3. The van der Waals surface area contributed by atoms with Gasteiger partial charge < -0.3 is 40.6 Å². The van der Waals surface area contributed by atoms with Crippen LogP contribution in [-0.2, 0) is 9.30 Å². The molecule has 1 aliphatic rings. The van der Waals surface area contributed by atoms with E-state index >= 15 is 0 Å². The number of carbonyl (C=O) groups excluding carboxylic acids is 1. The lowest BCUT2D eigenvalue weighted by Crippen LogP contribution is -2.32. The number of aromatic nitrogens is 2. The number of nitrogens with zero attached hydrogens (tertiary/aromatic N) is 1. The maximum atomic E-state index is 11.3. The molecule has 0 spiro atoms. The number of hydrogen-bond acceptors (Lipinski definition) is 7. The Hall–Kier alpha value is -1.33. The molecule has 118 valence electrons. The maximum absolute atomic E-state index is 11.3. The minimum absolute atomic E-state index is 0.287. The molecule has 4 atom stereocenters. The van der Waals surface area contributed by atoms with E-state index in [0.717, 1.165) is 0 Å². The average Bonchev–Trinajstić information content (AvgIpc) is 2.93. The van der Waals surface area contributed by atoms with Crippen LogP contribution in [0.3, 0.4) is 0 Å². The van der Waals surface area contributed by atoms with E-state index in [1.54, 1.807) is 0 Å². The lowest BCUT2D eigenvalue weighted by atomic mass is 10.1. The molecule has 1 aliphatic heterocycles. The normalized spacial score (nSPS) is 29.8. The van der Waals surface area contributed by atoms with Crippen molar-refractivity contribution >= 4 is 18.9 Å². The van der Waals surface area contributed by atoms with Gasteiger partial charge in [-0.2, -0.15) is 0 Å². The summed E-state index contributed by atoms with van der Waals surface area (Å²) in [4.78, 5) is 35.2. The summed E-state index contributed by atoms with van der Waals surface area (Å²) < 4.78 is 16.4. The average molecular weight is 323 g/mol. The Morgan fingerprint density at radius 3 is 2.38 bits per heavy atom. The summed E-state index contributed by atoms with van der Waals surface area (Å²) in [5.41, 5.74) is 3.49. The second kappa shape index (κ2) is 5.46. The predicted octanol–water partition coefficient (Wildman–Crippen LogP) is -3.53. The summed E-state index contributed by atoms with van der Waals surface area (Å²) in [5, 5.41) is 28.4. The SMILES string of the molecule is NC(=O)c1nc(C2O[C@H](CO)[C@@H](O)[C@H]2O)[nH]c1P(=O)(O)O. The first-order valence-corrected chi connectivity index (χ1v) is 7.36. The maximum Gasteiger partial charge on any atom is 0.374 e. The number of nitrogens with two attached hydrogens (primary N) is 1. The van der Waals surface area contributed by atoms with Crippen LogP contribution >= 0.6 is 7.60 Å². The number of H-pyrrole nitrogens is 1. The Kier molecular flexibility index (Phi) is 4.17. The topological polar surface area (TPSA) is 199 Å². The Labute approximate surface area is 117 Å². The monoisotopic (exact) mass is 323 g/mol. The van der Waals surface area contributed by atoms with Crippen LogP contribution in [0.5, 0.6) is 0 Å². The third-order valence-corrected chi connectivity index (χ3v) is 3.95. The van der Waals surface area contributed by atoms with E-state index in [1.165, 1.54) is 0 Å². The molecule has 8 N–H and O–H groups in total. The highest BCUT2D eigenvalue weighted by Crippen LogP contribution is 2.36. The number of aromatic amines is 1. The van der Waals surface area contributed by atoms with Gasteiger partial charge >= 0.3 is 7.60 Å². The smallest absolute Gasteiger partial charge is 0.374 e. The van der Waals surface area contributed by atoms with Gasteiger partial charge in [-0.3, -0.25) is 9.36 Å². The number of amides is 1. The van der Waals surface area contributed by atoms with E-state index in [4.69, 9.17) is 25.4 Å². The van der Waals surface area contributed by atoms with E-state index in [9.17, 15) is 19.6 Å². The summed E-state index contributed by atoms with van der Waals surface area (Å²) >= 11 is 0. The molecule has 1 unspecified atom stereocenters. The number of ether oxygens (including phenoxy) is 1. The zero-order chi connectivity index (χ0) is 15.9. The van der Waals surface area contributed by atoms with Crippen molar-refractivity contribution in [3.63, 3.8) is 0 Å². The summed E-state index contributed by atoms with van der Waals surface area (Å²) in [5.74, 6) is -1.47. The van der Waals surface area contributed by atoms with Crippen LogP contribution in [0, 0.1) is 0 Å². The van der Waals surface area contributed by atoms with Crippen molar-refractivity contribution in [2.24, 2.45) is 5.73 Å². The Balaban J connectivity index is 2.42. The summed E-state index contributed by atoms with van der Waals surface area (Å²) in [6, 6.07) is 0. The van der Waals surface area contributed by atoms with E-state index in [1.807, 2.05) is 0 Å². The van der Waals surface area contributed by atoms with Crippen molar-refractivity contribution in [2.75, 3.05) is 6.61 Å². The van der Waals surface area contributed by atoms with Gasteiger partial charge in [-0.05, 0) is 0 Å². The quantitative estimate of drug-likeness (QED) is 0.274. The third kappa shape index (κ3) is 2.85. The third-order valence-electron chi connectivity index (χ3n) is 3.04. The molecular formula is C9H14N3O8P. The first kappa shape index (κ1) is 16.0. The number of primary amides is 1. The van der Waals surface area contributed by atoms with Crippen LogP contribution in [0.1, 0.15) is 22.4 Å². The van der Waals surface area contributed by atoms with Gasteiger partial charge in [0, 0.05) is 0 Å². The van der Waals surface area contributed by atoms with Crippen molar-refractivity contribution in [2.45, 2.75) is 24.4 Å². The molecule has 1 aromatic heterocycles. The molecule has 0 bridgehead atoms. The van der Waals surface area contributed by atoms with Gasteiger partial charge in [0.2, 0.25) is 0 Å². The zero-order valence-corrected chi connectivity index (χ0v) is 11.3. The van der Waals surface area contributed by atoms with Crippen molar-refractivity contribution < 1.29 is 39.2 Å². The number of rotatable bonds is 4. The zero-order valence-electron chi connectivity index (χ0n) is 10.4. The molecule has 12 heteroatoms. The summed E-state index contributed by atoms with van der Waals surface area (Å²) in [6.07, 6.45) is -5.31. The van der Waals surface area contributed by atoms with Crippen LogP contribution in [0.2, 0.25) is 0 Å². The summed E-state index contributed by atoms with van der Waals surface area (Å²) in [7, 11) is -4.85. The largest absolute Gasteiger partial charge is 0.394 e. The molecule has 1 amide bonds. The van der Waals surface area contributed by atoms with Crippen molar-refractivity contribution in [3.8, 4) is 0 Å². The molecule has 0 aliphatic carbocycles. The van der Waals surface area contributed by atoms with Crippen LogP contribution in [0.25, 0.3) is 0 Å². The van der Waals surface area contributed by atoms with E-state index < -0.39 is 55.7 Å². The standard InChI is InChI=1S/C9H14N3O8P/c10-7(16)3-9(21(17,18)19)12-8(11-3)6-5(15)4(14)2(1-13)20-6/h2,4-6,13-15H,1H2,(H2,10,16)(H,11,12)(H2,17,18,19)/t2-,4-,5-,6?/m1/s1. The van der Waals surface area contributed by atoms with Gasteiger partial charge in [0.25, 0.3) is 5.91 Å². The van der Waals surface area contributed by atoms with Gasteiger partial charge in [-0.1, -0.05) is 0 Å². The second-order valence-electron chi connectivity index (χ2n) is 4.49. The Bertz CT molecular complexity index is 598. The van der Waals surface area contributed by atoms with Crippen molar-refractivity contribution in [1.82, 2.24) is 9.97 Å². The molecule has 1 fully saturated rings. The minimum Gasteiger partial charge on any atom is -0.394 e. The molecule has 11 nitrogen and oxygen atoms in total. The van der Waals surface area contributed by atoms with Crippen molar-refractivity contribution in [1.29, 1.82) is 0 Å². The van der Waals surface area contributed by atoms with Crippen LogP contribution < -0.4 is 11.2 Å². The lowest BCUT2D eigenvalue weighted by molar-refractivity contribution is -0.0250. The number of aliphatic hydroxyl groups is 3. The number of hydrogen-bond donors (Lipinski definition) is 7. The van der Waals surface area contributed by atoms with Gasteiger partial charge in [0.05, 0.1) is 6.61 Å². The molecule has 0 aromatic carbocycles. The molecule has 1 saturated heterocycles. The van der Waals surface area contributed by atoms with E-state index in [2.05, 4.69) is 9.97 Å². The molecule has 2 rings (SSSR count). The highest BCUT2D eigenvalue weighted by Gasteiger charge is 2.45. The first-order valence-electron chi connectivity index (χ1n) is 5.75. The fourth-order valence-corrected chi connectivity index (χ4v) is 2.72. The molecule has 0 radical (unpaired) electrons.